The third-order valence-corrected chi connectivity index (χ3v) is 4.22. The molecule has 0 atom stereocenters. The van der Waals surface area contributed by atoms with E-state index in [4.69, 9.17) is 0 Å². The van der Waals surface area contributed by atoms with Crippen molar-refractivity contribution in [2.45, 2.75) is 20.3 Å². The van der Waals surface area contributed by atoms with Gasteiger partial charge >= 0.3 is 0 Å². The largest absolute Gasteiger partial charge is 0.347 e. The highest BCUT2D eigenvalue weighted by molar-refractivity contribution is 5.94. The van der Waals surface area contributed by atoms with Gasteiger partial charge in [0.25, 0.3) is 0 Å². The average Bonchev–Trinajstić information content (AvgIpc) is 3.18. The molecule has 1 aromatic heterocycles. The topological polar surface area (TPSA) is 76.0 Å². The molecule has 27 heavy (non-hydrogen) atoms. The summed E-state index contributed by atoms with van der Waals surface area (Å²) in [7, 11) is 0. The molecule has 2 aromatic carbocycles. The van der Waals surface area contributed by atoms with Crippen molar-refractivity contribution in [2.24, 2.45) is 0 Å². The van der Waals surface area contributed by atoms with E-state index in [0.717, 1.165) is 22.4 Å². The van der Waals surface area contributed by atoms with E-state index in [-0.39, 0.29) is 24.8 Å². The van der Waals surface area contributed by atoms with Gasteiger partial charge < -0.3 is 10.6 Å². The number of amides is 2. The van der Waals surface area contributed by atoms with E-state index < -0.39 is 0 Å². The van der Waals surface area contributed by atoms with Crippen LogP contribution in [0.25, 0.3) is 5.69 Å². The van der Waals surface area contributed by atoms with E-state index in [1.165, 1.54) is 0 Å². The van der Waals surface area contributed by atoms with Crippen LogP contribution in [0.15, 0.2) is 60.9 Å². The summed E-state index contributed by atoms with van der Waals surface area (Å²) in [5, 5.41) is 9.59. The zero-order chi connectivity index (χ0) is 19.2. The SMILES string of the molecule is Cc1ccc(C)c(CC(=O)NCC(=O)Nc2ccc(-n3cccn3)cc2)c1. The van der Waals surface area contributed by atoms with E-state index in [9.17, 15) is 9.59 Å². The molecule has 0 saturated heterocycles. The van der Waals surface area contributed by atoms with Crippen LogP contribution in [0.2, 0.25) is 0 Å². The fraction of sp³-hybridized carbons (Fsp3) is 0.190. The molecule has 0 aliphatic heterocycles. The highest BCUT2D eigenvalue weighted by Crippen LogP contribution is 2.13. The first-order valence-electron chi connectivity index (χ1n) is 8.74. The van der Waals surface area contributed by atoms with Crippen LogP contribution in [-0.4, -0.2) is 28.1 Å². The number of hydrogen-bond donors (Lipinski definition) is 2. The van der Waals surface area contributed by atoms with Crippen molar-refractivity contribution in [3.63, 3.8) is 0 Å². The Morgan fingerprint density at radius 2 is 1.81 bits per heavy atom. The van der Waals surface area contributed by atoms with Crippen LogP contribution >= 0.6 is 0 Å². The normalized spacial score (nSPS) is 10.4. The summed E-state index contributed by atoms with van der Waals surface area (Å²) in [6.07, 6.45) is 3.81. The molecule has 0 aliphatic rings. The lowest BCUT2D eigenvalue weighted by molar-refractivity contribution is -0.123. The van der Waals surface area contributed by atoms with Gasteiger partial charge in [0.2, 0.25) is 11.8 Å². The Morgan fingerprint density at radius 1 is 1.04 bits per heavy atom. The molecular weight excluding hydrogens is 340 g/mol. The maximum atomic E-state index is 12.1. The molecule has 0 bridgehead atoms. The van der Waals surface area contributed by atoms with Crippen LogP contribution in [0.4, 0.5) is 5.69 Å². The zero-order valence-electron chi connectivity index (χ0n) is 15.4. The molecule has 0 spiro atoms. The van der Waals surface area contributed by atoms with Gasteiger partial charge in [-0.15, -0.1) is 0 Å². The second-order valence-corrected chi connectivity index (χ2v) is 6.43. The number of nitrogens with zero attached hydrogens (tertiary/aromatic N) is 2. The summed E-state index contributed by atoms with van der Waals surface area (Å²) in [5.74, 6) is -0.441. The molecule has 0 aliphatic carbocycles. The van der Waals surface area contributed by atoms with Gasteiger partial charge in [0, 0.05) is 18.1 Å². The molecule has 0 fully saturated rings. The standard InChI is InChI=1S/C21H22N4O2/c1-15-4-5-16(2)17(12-15)13-20(26)22-14-21(27)24-18-6-8-19(9-7-18)25-11-3-10-23-25/h3-12H,13-14H2,1-2H3,(H,22,26)(H,24,27). The van der Waals surface area contributed by atoms with Crippen LogP contribution in [0.1, 0.15) is 16.7 Å². The van der Waals surface area contributed by atoms with Crippen molar-refractivity contribution >= 4 is 17.5 Å². The first-order chi connectivity index (χ1) is 13.0. The molecule has 0 radical (unpaired) electrons. The second kappa shape index (κ2) is 8.31. The van der Waals surface area contributed by atoms with E-state index in [2.05, 4.69) is 15.7 Å². The van der Waals surface area contributed by atoms with Gasteiger partial charge in [-0.3, -0.25) is 9.59 Å². The van der Waals surface area contributed by atoms with Crippen molar-refractivity contribution in [1.29, 1.82) is 0 Å². The van der Waals surface area contributed by atoms with Crippen molar-refractivity contribution in [3.05, 3.63) is 77.6 Å². The first-order valence-corrected chi connectivity index (χ1v) is 8.74. The van der Waals surface area contributed by atoms with Crippen LogP contribution in [0.5, 0.6) is 0 Å². The fourth-order valence-corrected chi connectivity index (χ4v) is 2.73. The van der Waals surface area contributed by atoms with Crippen LogP contribution in [-0.2, 0) is 16.0 Å². The minimum absolute atomic E-state index is 0.0649. The van der Waals surface area contributed by atoms with Gasteiger partial charge in [-0.25, -0.2) is 4.68 Å². The summed E-state index contributed by atoms with van der Waals surface area (Å²) >= 11 is 0. The number of benzene rings is 2. The molecule has 0 unspecified atom stereocenters. The Balaban J connectivity index is 1.49. The van der Waals surface area contributed by atoms with Gasteiger partial charge in [0.05, 0.1) is 18.7 Å². The van der Waals surface area contributed by atoms with Gasteiger partial charge in [0.15, 0.2) is 0 Å². The van der Waals surface area contributed by atoms with Gasteiger partial charge in [-0.05, 0) is 55.3 Å². The Kier molecular flexibility index (Phi) is 5.66. The monoisotopic (exact) mass is 362 g/mol. The fourth-order valence-electron chi connectivity index (χ4n) is 2.73. The number of rotatable bonds is 6. The molecule has 2 N–H and O–H groups in total. The maximum absolute atomic E-state index is 12.1. The Hall–Kier alpha value is -3.41. The average molecular weight is 362 g/mol. The summed E-state index contributed by atoms with van der Waals surface area (Å²) in [4.78, 5) is 24.2. The lowest BCUT2D eigenvalue weighted by atomic mass is 10.0. The third-order valence-electron chi connectivity index (χ3n) is 4.22. The third kappa shape index (κ3) is 5.04. The molecule has 3 aromatic rings. The molecular formula is C21H22N4O2. The van der Waals surface area contributed by atoms with Crippen LogP contribution < -0.4 is 10.6 Å². The summed E-state index contributed by atoms with van der Waals surface area (Å²) in [5.41, 5.74) is 4.72. The molecule has 2 amide bonds. The predicted molar refractivity (Wildman–Crippen MR) is 105 cm³/mol. The first kappa shape index (κ1) is 18.4. The van der Waals surface area contributed by atoms with Crippen molar-refractivity contribution in [1.82, 2.24) is 15.1 Å². The second-order valence-electron chi connectivity index (χ2n) is 6.43. The van der Waals surface area contributed by atoms with Crippen LogP contribution in [0.3, 0.4) is 0 Å². The maximum Gasteiger partial charge on any atom is 0.243 e. The summed E-state index contributed by atoms with van der Waals surface area (Å²) in [6.45, 7) is 3.90. The van der Waals surface area contributed by atoms with E-state index in [1.54, 1.807) is 23.0 Å². The Bertz CT molecular complexity index is 931. The Labute approximate surface area is 158 Å². The lowest BCUT2D eigenvalue weighted by Crippen LogP contribution is -2.33. The molecule has 0 saturated carbocycles. The van der Waals surface area contributed by atoms with Crippen molar-refractivity contribution in [2.75, 3.05) is 11.9 Å². The lowest BCUT2D eigenvalue weighted by Gasteiger charge is -2.09. The number of aryl methyl sites for hydroxylation is 2. The highest BCUT2D eigenvalue weighted by atomic mass is 16.2. The highest BCUT2D eigenvalue weighted by Gasteiger charge is 2.09. The Morgan fingerprint density at radius 3 is 2.52 bits per heavy atom. The zero-order valence-corrected chi connectivity index (χ0v) is 15.4. The predicted octanol–water partition coefficient (Wildman–Crippen LogP) is 2.79. The minimum atomic E-state index is -0.267. The summed E-state index contributed by atoms with van der Waals surface area (Å²) < 4.78 is 1.74. The minimum Gasteiger partial charge on any atom is -0.347 e. The number of anilines is 1. The quantitative estimate of drug-likeness (QED) is 0.708. The molecule has 1 heterocycles. The van der Waals surface area contributed by atoms with Crippen molar-refractivity contribution in [3.8, 4) is 5.69 Å². The number of aromatic nitrogens is 2. The van der Waals surface area contributed by atoms with Gasteiger partial charge in [0.1, 0.15) is 0 Å². The summed E-state index contributed by atoms with van der Waals surface area (Å²) in [6, 6.07) is 15.2. The molecule has 3 rings (SSSR count). The number of carbonyl (C=O) groups is 2. The van der Waals surface area contributed by atoms with Crippen molar-refractivity contribution < 1.29 is 9.59 Å². The van der Waals surface area contributed by atoms with Crippen LogP contribution in [0, 0.1) is 13.8 Å². The number of hydrogen-bond acceptors (Lipinski definition) is 3. The van der Waals surface area contributed by atoms with Gasteiger partial charge in [-0.2, -0.15) is 5.10 Å². The van der Waals surface area contributed by atoms with E-state index in [1.807, 2.05) is 56.4 Å². The van der Waals surface area contributed by atoms with E-state index >= 15 is 0 Å². The molecule has 6 heteroatoms. The number of nitrogens with one attached hydrogen (secondary N) is 2. The smallest absolute Gasteiger partial charge is 0.243 e. The molecule has 138 valence electrons. The molecule has 6 nitrogen and oxygen atoms in total. The van der Waals surface area contributed by atoms with Gasteiger partial charge in [-0.1, -0.05) is 23.8 Å². The number of carbonyl (C=O) groups excluding carboxylic acids is 2. The van der Waals surface area contributed by atoms with E-state index in [0.29, 0.717) is 5.69 Å².